The van der Waals surface area contributed by atoms with E-state index in [1.807, 2.05) is 6.92 Å². The lowest BCUT2D eigenvalue weighted by Gasteiger charge is -2.33. The zero-order valence-corrected chi connectivity index (χ0v) is 10.0. The summed E-state index contributed by atoms with van der Waals surface area (Å²) in [6, 6.07) is 0. The maximum Gasteiger partial charge on any atom is 0.393 e. The predicted molar refractivity (Wildman–Crippen MR) is 58.5 cm³/mol. The van der Waals surface area contributed by atoms with Crippen LogP contribution in [0.4, 0.5) is 13.2 Å². The standard InChI is InChI=1S/C11H19F3N2O/c1-2-15-6-5-10(17)16-7-3-4-9(8-16)11(12,13)14/h9,15H,2-8H2,1H3. The predicted octanol–water partition coefficient (Wildman–Crippen LogP) is 1.79. The van der Waals surface area contributed by atoms with Crippen LogP contribution in [0.25, 0.3) is 0 Å². The summed E-state index contributed by atoms with van der Waals surface area (Å²) in [6.07, 6.45) is -3.32. The molecule has 0 aromatic rings. The fourth-order valence-corrected chi connectivity index (χ4v) is 2.00. The van der Waals surface area contributed by atoms with Crippen molar-refractivity contribution < 1.29 is 18.0 Å². The lowest BCUT2D eigenvalue weighted by molar-refractivity contribution is -0.188. The van der Waals surface area contributed by atoms with Gasteiger partial charge in [-0.25, -0.2) is 0 Å². The number of hydrogen-bond donors (Lipinski definition) is 1. The minimum Gasteiger partial charge on any atom is -0.342 e. The first kappa shape index (κ1) is 14.3. The summed E-state index contributed by atoms with van der Waals surface area (Å²) in [7, 11) is 0. The molecule has 1 fully saturated rings. The van der Waals surface area contributed by atoms with E-state index >= 15 is 0 Å². The number of carbonyl (C=O) groups is 1. The second-order valence-electron chi connectivity index (χ2n) is 4.32. The van der Waals surface area contributed by atoms with Gasteiger partial charge in [-0.15, -0.1) is 0 Å². The number of alkyl halides is 3. The Bertz CT molecular complexity index is 256. The van der Waals surface area contributed by atoms with Gasteiger partial charge in [0.2, 0.25) is 5.91 Å². The Hall–Kier alpha value is -0.780. The molecular formula is C11H19F3N2O. The monoisotopic (exact) mass is 252 g/mol. The van der Waals surface area contributed by atoms with E-state index in [4.69, 9.17) is 0 Å². The lowest BCUT2D eigenvalue weighted by Crippen LogP contribution is -2.45. The van der Waals surface area contributed by atoms with Crippen LogP contribution < -0.4 is 5.32 Å². The average molecular weight is 252 g/mol. The zero-order chi connectivity index (χ0) is 12.9. The maximum absolute atomic E-state index is 12.5. The third kappa shape index (κ3) is 4.53. The molecule has 100 valence electrons. The van der Waals surface area contributed by atoms with Crippen molar-refractivity contribution in [1.82, 2.24) is 10.2 Å². The summed E-state index contributed by atoms with van der Waals surface area (Å²) in [5, 5.41) is 2.99. The van der Waals surface area contributed by atoms with Crippen LogP contribution in [0.3, 0.4) is 0 Å². The Morgan fingerprint density at radius 1 is 1.47 bits per heavy atom. The summed E-state index contributed by atoms with van der Waals surface area (Å²) in [5.74, 6) is -1.53. The second-order valence-corrected chi connectivity index (χ2v) is 4.32. The Morgan fingerprint density at radius 3 is 2.76 bits per heavy atom. The fourth-order valence-electron chi connectivity index (χ4n) is 2.00. The van der Waals surface area contributed by atoms with Gasteiger partial charge in [-0.2, -0.15) is 13.2 Å². The number of hydrogen-bond acceptors (Lipinski definition) is 2. The van der Waals surface area contributed by atoms with Crippen LogP contribution in [0, 0.1) is 5.92 Å². The summed E-state index contributed by atoms with van der Waals surface area (Å²) in [6.45, 7) is 3.50. The molecule has 1 heterocycles. The number of rotatable bonds is 4. The summed E-state index contributed by atoms with van der Waals surface area (Å²) < 4.78 is 37.6. The Labute approximate surface area is 99.4 Å². The summed E-state index contributed by atoms with van der Waals surface area (Å²) >= 11 is 0. The molecule has 1 aliphatic rings. The van der Waals surface area contributed by atoms with Gasteiger partial charge in [0.05, 0.1) is 5.92 Å². The van der Waals surface area contributed by atoms with Gasteiger partial charge in [-0.3, -0.25) is 4.79 Å². The molecule has 1 atom stereocenters. The highest BCUT2D eigenvalue weighted by molar-refractivity contribution is 5.76. The highest BCUT2D eigenvalue weighted by Crippen LogP contribution is 2.33. The molecule has 3 nitrogen and oxygen atoms in total. The third-order valence-corrected chi connectivity index (χ3v) is 3.00. The highest BCUT2D eigenvalue weighted by atomic mass is 19.4. The molecule has 0 spiro atoms. The molecule has 0 aromatic heterocycles. The number of halogens is 3. The number of carbonyl (C=O) groups excluding carboxylic acids is 1. The summed E-state index contributed by atoms with van der Waals surface area (Å²) in [4.78, 5) is 13.0. The van der Waals surface area contributed by atoms with Crippen molar-refractivity contribution in [2.45, 2.75) is 32.4 Å². The molecule has 1 unspecified atom stereocenters. The molecule has 17 heavy (non-hydrogen) atoms. The normalized spacial score (nSPS) is 21.6. The Morgan fingerprint density at radius 2 is 2.18 bits per heavy atom. The molecule has 0 bridgehead atoms. The molecule has 1 N–H and O–H groups in total. The van der Waals surface area contributed by atoms with E-state index in [1.54, 1.807) is 0 Å². The molecule has 1 aliphatic heterocycles. The van der Waals surface area contributed by atoms with E-state index in [0.29, 0.717) is 19.5 Å². The van der Waals surface area contributed by atoms with Gasteiger partial charge in [0, 0.05) is 26.1 Å². The van der Waals surface area contributed by atoms with Crippen molar-refractivity contribution in [3.63, 3.8) is 0 Å². The number of piperidine rings is 1. The van der Waals surface area contributed by atoms with Crippen LogP contribution in [0.15, 0.2) is 0 Å². The third-order valence-electron chi connectivity index (χ3n) is 3.00. The number of nitrogens with one attached hydrogen (secondary N) is 1. The Balaban J connectivity index is 2.41. The molecule has 1 saturated heterocycles. The first-order chi connectivity index (χ1) is 7.95. The van der Waals surface area contributed by atoms with E-state index < -0.39 is 12.1 Å². The average Bonchev–Trinajstić information content (AvgIpc) is 2.28. The van der Waals surface area contributed by atoms with Crippen LogP contribution in [0.2, 0.25) is 0 Å². The van der Waals surface area contributed by atoms with Gasteiger partial charge in [0.25, 0.3) is 0 Å². The topological polar surface area (TPSA) is 32.3 Å². The first-order valence-corrected chi connectivity index (χ1v) is 6.00. The molecule has 0 radical (unpaired) electrons. The number of amides is 1. The van der Waals surface area contributed by atoms with Gasteiger partial charge in [-0.1, -0.05) is 6.92 Å². The number of nitrogens with zero attached hydrogens (tertiary/aromatic N) is 1. The minimum absolute atomic E-state index is 0.139. The van der Waals surface area contributed by atoms with Gasteiger partial charge < -0.3 is 10.2 Å². The van der Waals surface area contributed by atoms with Gasteiger partial charge in [0.15, 0.2) is 0 Å². The van der Waals surface area contributed by atoms with Crippen LogP contribution in [-0.4, -0.2) is 43.2 Å². The van der Waals surface area contributed by atoms with Crippen LogP contribution in [0.1, 0.15) is 26.2 Å². The van der Waals surface area contributed by atoms with E-state index in [1.165, 1.54) is 4.90 Å². The SMILES string of the molecule is CCNCCC(=O)N1CCCC(C(F)(F)F)C1. The van der Waals surface area contributed by atoms with Crippen molar-refractivity contribution in [3.05, 3.63) is 0 Å². The molecule has 0 saturated carbocycles. The van der Waals surface area contributed by atoms with Gasteiger partial charge in [-0.05, 0) is 19.4 Å². The minimum atomic E-state index is -4.18. The smallest absolute Gasteiger partial charge is 0.342 e. The van der Waals surface area contributed by atoms with Crippen molar-refractivity contribution in [2.24, 2.45) is 5.92 Å². The van der Waals surface area contributed by atoms with Crippen LogP contribution in [-0.2, 0) is 4.79 Å². The van der Waals surface area contributed by atoms with Crippen molar-refractivity contribution in [1.29, 1.82) is 0 Å². The first-order valence-electron chi connectivity index (χ1n) is 6.00. The molecule has 6 heteroatoms. The molecule has 0 aliphatic carbocycles. The molecule has 1 rings (SSSR count). The maximum atomic E-state index is 12.5. The van der Waals surface area contributed by atoms with Crippen molar-refractivity contribution in [3.8, 4) is 0 Å². The van der Waals surface area contributed by atoms with Gasteiger partial charge in [0.1, 0.15) is 0 Å². The quantitative estimate of drug-likeness (QED) is 0.774. The van der Waals surface area contributed by atoms with E-state index in [-0.39, 0.29) is 25.3 Å². The molecular weight excluding hydrogens is 233 g/mol. The summed E-state index contributed by atoms with van der Waals surface area (Å²) in [5.41, 5.74) is 0. The van der Waals surface area contributed by atoms with Gasteiger partial charge >= 0.3 is 6.18 Å². The zero-order valence-electron chi connectivity index (χ0n) is 10.0. The van der Waals surface area contributed by atoms with E-state index in [9.17, 15) is 18.0 Å². The van der Waals surface area contributed by atoms with Crippen molar-refractivity contribution >= 4 is 5.91 Å². The fraction of sp³-hybridized carbons (Fsp3) is 0.909. The Kier molecular flexibility index (Phi) is 5.24. The molecule has 1 amide bonds. The van der Waals surface area contributed by atoms with Crippen molar-refractivity contribution in [2.75, 3.05) is 26.2 Å². The highest BCUT2D eigenvalue weighted by Gasteiger charge is 2.42. The van der Waals surface area contributed by atoms with E-state index in [0.717, 1.165) is 6.54 Å². The molecule has 0 aromatic carbocycles. The largest absolute Gasteiger partial charge is 0.393 e. The lowest BCUT2D eigenvalue weighted by atomic mass is 9.97. The second kappa shape index (κ2) is 6.23. The van der Waals surface area contributed by atoms with E-state index in [2.05, 4.69) is 5.32 Å². The van der Waals surface area contributed by atoms with Crippen LogP contribution in [0.5, 0.6) is 0 Å². The van der Waals surface area contributed by atoms with Crippen LogP contribution >= 0.6 is 0 Å². The number of likely N-dealkylation sites (tertiary alicyclic amines) is 1.